The summed E-state index contributed by atoms with van der Waals surface area (Å²) in [6, 6.07) is 0.461. The monoisotopic (exact) mass is 298 g/mol. The van der Waals surface area contributed by atoms with E-state index in [4.69, 9.17) is 0 Å². The summed E-state index contributed by atoms with van der Waals surface area (Å²) in [7, 11) is 0. The Morgan fingerprint density at radius 1 is 1.50 bits per heavy atom. The molecule has 1 aliphatic rings. The van der Waals surface area contributed by atoms with Gasteiger partial charge in [0, 0.05) is 17.8 Å². The Morgan fingerprint density at radius 3 is 2.90 bits per heavy atom. The normalized spacial score (nSPS) is 25.8. The lowest BCUT2D eigenvalue weighted by molar-refractivity contribution is 0.176. The number of hydrogen-bond donors (Lipinski definition) is 2. The first-order chi connectivity index (χ1) is 9.49. The van der Waals surface area contributed by atoms with Crippen molar-refractivity contribution in [3.8, 4) is 0 Å². The smallest absolute Gasteiger partial charge is 0.313 e. The maximum absolute atomic E-state index is 11.7. The predicted molar refractivity (Wildman–Crippen MR) is 83.3 cm³/mol. The Bertz CT molecular complexity index is 494. The van der Waals surface area contributed by atoms with Crippen LogP contribution in [0.3, 0.4) is 0 Å². The molecule has 0 aliphatic heterocycles. The van der Waals surface area contributed by atoms with Crippen molar-refractivity contribution in [3.63, 3.8) is 0 Å². The molecule has 1 aromatic heterocycles. The number of nitrogens with one attached hydrogen (secondary N) is 2. The Hall–Kier alpha value is -0.750. The topological polar surface area (TPSA) is 62.7 Å². The fraction of sp³-hybridized carbons (Fsp3) is 0.857. The lowest BCUT2D eigenvalue weighted by Crippen LogP contribution is -2.51. The summed E-state index contributed by atoms with van der Waals surface area (Å²) in [5, 5.41) is 11.7. The van der Waals surface area contributed by atoms with Crippen molar-refractivity contribution in [2.75, 3.05) is 6.54 Å². The minimum atomic E-state index is -0.106. The standard InChI is InChI=1S/C14H26N4OS/c1-5-15-11-10(8-7-9-14(11,3)4)20-13-17-16-12(19)18(13)6-2/h10-11,15H,5-9H2,1-4H3,(H,16,19). The molecule has 5 nitrogen and oxygen atoms in total. The second kappa shape index (κ2) is 6.35. The molecular formula is C14H26N4OS. The minimum Gasteiger partial charge on any atom is -0.313 e. The third-order valence-corrected chi connectivity index (χ3v) is 5.58. The Kier molecular flexibility index (Phi) is 4.96. The van der Waals surface area contributed by atoms with Crippen LogP contribution in [0.1, 0.15) is 47.0 Å². The first kappa shape index (κ1) is 15.6. The van der Waals surface area contributed by atoms with Gasteiger partial charge < -0.3 is 5.32 Å². The third kappa shape index (κ3) is 3.11. The van der Waals surface area contributed by atoms with Crippen molar-refractivity contribution in [2.45, 2.75) is 70.0 Å². The number of aromatic nitrogens is 3. The minimum absolute atomic E-state index is 0.106. The van der Waals surface area contributed by atoms with Crippen LogP contribution in [0.5, 0.6) is 0 Å². The molecule has 0 spiro atoms. The van der Waals surface area contributed by atoms with Crippen LogP contribution < -0.4 is 11.0 Å². The first-order valence-electron chi connectivity index (χ1n) is 7.54. The van der Waals surface area contributed by atoms with Crippen LogP contribution >= 0.6 is 11.8 Å². The Labute approximate surface area is 124 Å². The van der Waals surface area contributed by atoms with Crippen molar-refractivity contribution in [1.29, 1.82) is 0 Å². The van der Waals surface area contributed by atoms with E-state index < -0.39 is 0 Å². The molecule has 0 saturated heterocycles. The van der Waals surface area contributed by atoms with E-state index in [9.17, 15) is 4.79 Å². The molecule has 1 heterocycles. The van der Waals surface area contributed by atoms with Crippen LogP contribution in [0.2, 0.25) is 0 Å². The van der Waals surface area contributed by atoms with E-state index in [1.807, 2.05) is 6.92 Å². The Morgan fingerprint density at radius 2 is 2.25 bits per heavy atom. The molecule has 1 aromatic rings. The van der Waals surface area contributed by atoms with E-state index >= 15 is 0 Å². The average Bonchev–Trinajstić information content (AvgIpc) is 2.74. The van der Waals surface area contributed by atoms with Crippen molar-refractivity contribution in [2.24, 2.45) is 5.41 Å². The number of thioether (sulfide) groups is 1. The zero-order valence-electron chi connectivity index (χ0n) is 12.9. The molecule has 1 fully saturated rings. The first-order valence-corrected chi connectivity index (χ1v) is 8.42. The molecule has 2 N–H and O–H groups in total. The van der Waals surface area contributed by atoms with Gasteiger partial charge in [0.05, 0.1) is 0 Å². The van der Waals surface area contributed by atoms with E-state index in [0.29, 0.717) is 23.3 Å². The fourth-order valence-electron chi connectivity index (χ4n) is 3.15. The highest BCUT2D eigenvalue weighted by Gasteiger charge is 2.39. The molecule has 0 amide bonds. The fourth-order valence-corrected chi connectivity index (χ4v) is 4.74. The quantitative estimate of drug-likeness (QED) is 0.875. The maximum Gasteiger partial charge on any atom is 0.343 e. The highest BCUT2D eigenvalue weighted by Crippen LogP contribution is 2.42. The highest BCUT2D eigenvalue weighted by atomic mass is 32.2. The third-order valence-electron chi connectivity index (χ3n) is 4.24. The summed E-state index contributed by atoms with van der Waals surface area (Å²) in [6.07, 6.45) is 3.67. The second-order valence-electron chi connectivity index (χ2n) is 6.13. The molecule has 0 radical (unpaired) electrons. The largest absolute Gasteiger partial charge is 0.343 e. The second-order valence-corrected chi connectivity index (χ2v) is 7.33. The lowest BCUT2D eigenvalue weighted by atomic mass is 9.73. The van der Waals surface area contributed by atoms with Crippen LogP contribution in [-0.2, 0) is 6.54 Å². The van der Waals surface area contributed by atoms with Crippen LogP contribution in [0.4, 0.5) is 0 Å². The number of hydrogen-bond acceptors (Lipinski definition) is 4. The van der Waals surface area contributed by atoms with Crippen molar-refractivity contribution in [1.82, 2.24) is 20.1 Å². The molecule has 114 valence electrons. The zero-order chi connectivity index (χ0) is 14.8. The van der Waals surface area contributed by atoms with Gasteiger partial charge in [-0.3, -0.25) is 4.57 Å². The number of rotatable bonds is 5. The molecule has 2 rings (SSSR count). The van der Waals surface area contributed by atoms with Gasteiger partial charge in [-0.2, -0.15) is 0 Å². The molecule has 20 heavy (non-hydrogen) atoms. The van der Waals surface area contributed by atoms with Gasteiger partial charge in [-0.15, -0.1) is 5.10 Å². The van der Waals surface area contributed by atoms with Gasteiger partial charge in [0.15, 0.2) is 5.16 Å². The molecule has 2 atom stereocenters. The van der Waals surface area contributed by atoms with Crippen molar-refractivity contribution < 1.29 is 0 Å². The van der Waals surface area contributed by atoms with Gasteiger partial charge >= 0.3 is 5.69 Å². The van der Waals surface area contributed by atoms with Crippen LogP contribution in [-0.4, -0.2) is 32.6 Å². The van der Waals surface area contributed by atoms with Gasteiger partial charge in [0.25, 0.3) is 0 Å². The summed E-state index contributed by atoms with van der Waals surface area (Å²) in [5.74, 6) is 0. The summed E-state index contributed by atoms with van der Waals surface area (Å²) >= 11 is 1.75. The van der Waals surface area contributed by atoms with Crippen LogP contribution in [0.15, 0.2) is 9.95 Å². The zero-order valence-corrected chi connectivity index (χ0v) is 13.7. The van der Waals surface area contributed by atoms with Gasteiger partial charge in [-0.25, -0.2) is 9.89 Å². The maximum atomic E-state index is 11.7. The molecular weight excluding hydrogens is 272 g/mol. The van der Waals surface area contributed by atoms with Crippen LogP contribution in [0, 0.1) is 5.41 Å². The molecule has 1 aliphatic carbocycles. The summed E-state index contributed by atoms with van der Waals surface area (Å²) < 4.78 is 1.72. The lowest BCUT2D eigenvalue weighted by Gasteiger charge is -2.44. The van der Waals surface area contributed by atoms with Gasteiger partial charge in [0.2, 0.25) is 0 Å². The molecule has 0 bridgehead atoms. The van der Waals surface area contributed by atoms with Crippen LogP contribution in [0.25, 0.3) is 0 Å². The SMILES string of the molecule is CCNC1C(Sc2n[nH]c(=O)n2CC)CCCC1(C)C. The van der Waals surface area contributed by atoms with E-state index in [0.717, 1.165) is 11.7 Å². The highest BCUT2D eigenvalue weighted by molar-refractivity contribution is 7.99. The summed E-state index contributed by atoms with van der Waals surface area (Å²) in [4.78, 5) is 11.7. The van der Waals surface area contributed by atoms with E-state index in [-0.39, 0.29) is 5.69 Å². The van der Waals surface area contributed by atoms with E-state index in [2.05, 4.69) is 36.3 Å². The van der Waals surface area contributed by atoms with Gasteiger partial charge in [0.1, 0.15) is 0 Å². The summed E-state index contributed by atoms with van der Waals surface area (Å²) in [5.41, 5.74) is 0.185. The van der Waals surface area contributed by atoms with Crippen molar-refractivity contribution >= 4 is 11.8 Å². The Balaban J connectivity index is 2.19. The van der Waals surface area contributed by atoms with Gasteiger partial charge in [-0.1, -0.05) is 39.0 Å². The molecule has 2 unspecified atom stereocenters. The predicted octanol–water partition coefficient (Wildman–Crippen LogP) is 2.24. The number of nitrogens with zero attached hydrogens (tertiary/aromatic N) is 2. The van der Waals surface area contributed by atoms with E-state index in [1.165, 1.54) is 19.3 Å². The van der Waals surface area contributed by atoms with E-state index in [1.54, 1.807) is 16.3 Å². The van der Waals surface area contributed by atoms with Gasteiger partial charge in [-0.05, 0) is 31.7 Å². The summed E-state index contributed by atoms with van der Waals surface area (Å²) in [6.45, 7) is 10.5. The molecule has 0 aromatic carbocycles. The number of H-pyrrole nitrogens is 1. The van der Waals surface area contributed by atoms with Crippen molar-refractivity contribution in [3.05, 3.63) is 10.5 Å². The molecule has 6 heteroatoms. The molecule has 1 saturated carbocycles. The average molecular weight is 298 g/mol. The number of aromatic amines is 1.